The van der Waals surface area contributed by atoms with Crippen molar-refractivity contribution in [3.63, 3.8) is 0 Å². The van der Waals surface area contributed by atoms with Crippen molar-refractivity contribution in [1.29, 1.82) is 0 Å². The molecule has 0 fully saturated rings. The van der Waals surface area contributed by atoms with Crippen molar-refractivity contribution >= 4 is 24.2 Å². The minimum atomic E-state index is -0.584. The molecular weight excluding hydrogens is 302 g/mol. The van der Waals surface area contributed by atoms with Gasteiger partial charge >= 0.3 is 0 Å². The molecule has 1 rings (SSSR count). The van der Waals surface area contributed by atoms with Crippen LogP contribution in [0.15, 0.2) is 24.3 Å². The van der Waals surface area contributed by atoms with E-state index in [1.807, 2.05) is 45.0 Å². The number of rotatable bonds is 6. The van der Waals surface area contributed by atoms with Crippen LogP contribution in [0.5, 0.6) is 0 Å². The molecule has 5 nitrogen and oxygen atoms in total. The number of hydrogen-bond donors (Lipinski definition) is 2. The number of likely N-dealkylation sites (N-methyl/N-ethyl adjacent to an activating group) is 1. The fourth-order valence-electron chi connectivity index (χ4n) is 1.85. The lowest BCUT2D eigenvalue weighted by Gasteiger charge is -2.20. The molecule has 22 heavy (non-hydrogen) atoms. The second kappa shape index (κ2) is 9.43. The second-order valence-corrected chi connectivity index (χ2v) is 5.66. The van der Waals surface area contributed by atoms with Gasteiger partial charge in [0.2, 0.25) is 11.8 Å². The number of halogens is 1. The molecule has 0 saturated heterocycles. The summed E-state index contributed by atoms with van der Waals surface area (Å²) in [7, 11) is 1.73. The van der Waals surface area contributed by atoms with Crippen LogP contribution in [0.4, 0.5) is 0 Å². The predicted octanol–water partition coefficient (Wildman–Crippen LogP) is 1.47. The Kier molecular flexibility index (Phi) is 8.75. The standard InChI is InChI=1S/C16H25N3O2.ClH/c1-11(2)15(17)16(21)18-9-14(20)19(4)10-13-8-6-5-7-12(13)3;/h5-8,11,15H,9-10,17H2,1-4H3,(H,18,21);1H/t15-;/m0./s1. The van der Waals surface area contributed by atoms with Crippen molar-refractivity contribution < 1.29 is 9.59 Å². The Morgan fingerprint density at radius 2 is 1.86 bits per heavy atom. The highest BCUT2D eigenvalue weighted by Gasteiger charge is 2.18. The van der Waals surface area contributed by atoms with Crippen LogP contribution >= 0.6 is 12.4 Å². The number of amides is 2. The molecule has 1 aromatic carbocycles. The SMILES string of the molecule is Cc1ccccc1CN(C)C(=O)CNC(=O)[C@@H](N)C(C)C.Cl. The molecule has 6 heteroatoms. The molecular formula is C16H26ClN3O2. The van der Waals surface area contributed by atoms with E-state index >= 15 is 0 Å². The van der Waals surface area contributed by atoms with Crippen LogP contribution in [-0.4, -0.2) is 36.3 Å². The Labute approximate surface area is 138 Å². The van der Waals surface area contributed by atoms with Gasteiger partial charge in [0.15, 0.2) is 0 Å². The third-order valence-corrected chi connectivity index (χ3v) is 3.53. The summed E-state index contributed by atoms with van der Waals surface area (Å²) in [4.78, 5) is 25.3. The smallest absolute Gasteiger partial charge is 0.242 e. The van der Waals surface area contributed by atoms with E-state index < -0.39 is 6.04 Å². The maximum Gasteiger partial charge on any atom is 0.242 e. The van der Waals surface area contributed by atoms with Gasteiger partial charge in [0, 0.05) is 13.6 Å². The molecule has 0 bridgehead atoms. The zero-order valence-corrected chi connectivity index (χ0v) is 14.4. The van der Waals surface area contributed by atoms with E-state index in [0.717, 1.165) is 11.1 Å². The number of carbonyl (C=O) groups excluding carboxylic acids is 2. The van der Waals surface area contributed by atoms with Crippen LogP contribution < -0.4 is 11.1 Å². The Morgan fingerprint density at radius 1 is 1.27 bits per heavy atom. The van der Waals surface area contributed by atoms with Crippen molar-refractivity contribution in [2.45, 2.75) is 33.4 Å². The van der Waals surface area contributed by atoms with E-state index in [1.54, 1.807) is 11.9 Å². The lowest BCUT2D eigenvalue weighted by atomic mass is 10.1. The first-order chi connectivity index (χ1) is 9.82. The van der Waals surface area contributed by atoms with Gasteiger partial charge in [-0.2, -0.15) is 0 Å². The average Bonchev–Trinajstić information content (AvgIpc) is 2.45. The number of nitrogens with zero attached hydrogens (tertiary/aromatic N) is 1. The number of nitrogens with one attached hydrogen (secondary N) is 1. The predicted molar refractivity (Wildman–Crippen MR) is 90.7 cm³/mol. The summed E-state index contributed by atoms with van der Waals surface area (Å²) in [6.07, 6.45) is 0. The fourth-order valence-corrected chi connectivity index (χ4v) is 1.85. The minimum Gasteiger partial charge on any atom is -0.346 e. The quantitative estimate of drug-likeness (QED) is 0.831. The monoisotopic (exact) mass is 327 g/mol. The lowest BCUT2D eigenvalue weighted by molar-refractivity contribution is -0.132. The van der Waals surface area contributed by atoms with Crippen molar-refractivity contribution in [3.05, 3.63) is 35.4 Å². The van der Waals surface area contributed by atoms with Crippen LogP contribution in [0.25, 0.3) is 0 Å². The largest absolute Gasteiger partial charge is 0.346 e. The number of hydrogen-bond acceptors (Lipinski definition) is 3. The molecule has 0 aromatic heterocycles. The Morgan fingerprint density at radius 3 is 2.41 bits per heavy atom. The molecule has 1 atom stereocenters. The molecule has 3 N–H and O–H groups in total. The van der Waals surface area contributed by atoms with Gasteiger partial charge in [0.25, 0.3) is 0 Å². The normalized spacial score (nSPS) is 11.5. The van der Waals surface area contributed by atoms with Gasteiger partial charge in [-0.05, 0) is 24.0 Å². The van der Waals surface area contributed by atoms with Gasteiger partial charge in [0.1, 0.15) is 0 Å². The third kappa shape index (κ3) is 6.03. The van der Waals surface area contributed by atoms with Crippen LogP contribution in [0.2, 0.25) is 0 Å². The summed E-state index contributed by atoms with van der Waals surface area (Å²) < 4.78 is 0. The van der Waals surface area contributed by atoms with Crippen LogP contribution in [-0.2, 0) is 16.1 Å². The molecule has 0 saturated carbocycles. The zero-order chi connectivity index (χ0) is 16.0. The summed E-state index contributed by atoms with van der Waals surface area (Å²) in [6.45, 7) is 6.25. The average molecular weight is 328 g/mol. The highest BCUT2D eigenvalue weighted by atomic mass is 35.5. The number of benzene rings is 1. The highest BCUT2D eigenvalue weighted by molar-refractivity contribution is 5.87. The van der Waals surface area contributed by atoms with E-state index in [1.165, 1.54) is 0 Å². The van der Waals surface area contributed by atoms with Crippen molar-refractivity contribution in [3.8, 4) is 0 Å². The molecule has 124 valence electrons. The third-order valence-electron chi connectivity index (χ3n) is 3.53. The molecule has 0 aliphatic carbocycles. The van der Waals surface area contributed by atoms with E-state index in [2.05, 4.69) is 5.32 Å². The second-order valence-electron chi connectivity index (χ2n) is 5.66. The van der Waals surface area contributed by atoms with Gasteiger partial charge in [-0.15, -0.1) is 12.4 Å². The number of nitrogens with two attached hydrogens (primary N) is 1. The minimum absolute atomic E-state index is 0. The van der Waals surface area contributed by atoms with Gasteiger partial charge in [-0.1, -0.05) is 38.1 Å². The van der Waals surface area contributed by atoms with E-state index in [4.69, 9.17) is 5.73 Å². The summed E-state index contributed by atoms with van der Waals surface area (Å²) >= 11 is 0. The Bertz CT molecular complexity index is 506. The summed E-state index contributed by atoms with van der Waals surface area (Å²) in [5.74, 6) is -0.380. The van der Waals surface area contributed by atoms with Gasteiger partial charge < -0.3 is 16.0 Å². The molecule has 0 aliphatic heterocycles. The summed E-state index contributed by atoms with van der Waals surface area (Å²) in [5.41, 5.74) is 7.97. The first-order valence-corrected chi connectivity index (χ1v) is 7.14. The van der Waals surface area contributed by atoms with Gasteiger partial charge in [-0.25, -0.2) is 0 Å². The summed E-state index contributed by atoms with van der Waals surface area (Å²) in [6, 6.07) is 7.33. The maximum atomic E-state index is 12.0. The summed E-state index contributed by atoms with van der Waals surface area (Å²) in [5, 5.41) is 2.59. The molecule has 0 aliphatic rings. The Hall–Kier alpha value is -1.59. The number of aryl methyl sites for hydroxylation is 1. The van der Waals surface area contributed by atoms with E-state index in [9.17, 15) is 9.59 Å². The fraction of sp³-hybridized carbons (Fsp3) is 0.500. The van der Waals surface area contributed by atoms with Gasteiger partial charge in [-0.3, -0.25) is 9.59 Å². The lowest BCUT2D eigenvalue weighted by Crippen LogP contribution is -2.47. The highest BCUT2D eigenvalue weighted by Crippen LogP contribution is 2.09. The molecule has 0 radical (unpaired) electrons. The first-order valence-electron chi connectivity index (χ1n) is 7.14. The van der Waals surface area contributed by atoms with Crippen molar-refractivity contribution in [2.75, 3.05) is 13.6 Å². The van der Waals surface area contributed by atoms with Crippen LogP contribution in [0, 0.1) is 12.8 Å². The van der Waals surface area contributed by atoms with Crippen molar-refractivity contribution in [2.24, 2.45) is 11.7 Å². The Balaban J connectivity index is 0.00000441. The van der Waals surface area contributed by atoms with Gasteiger partial charge in [0.05, 0.1) is 12.6 Å². The van der Waals surface area contributed by atoms with E-state index in [0.29, 0.717) is 6.54 Å². The molecule has 0 heterocycles. The van der Waals surface area contributed by atoms with Crippen LogP contribution in [0.1, 0.15) is 25.0 Å². The number of carbonyl (C=O) groups is 2. The molecule has 0 spiro atoms. The van der Waals surface area contributed by atoms with Crippen molar-refractivity contribution in [1.82, 2.24) is 10.2 Å². The molecule has 2 amide bonds. The maximum absolute atomic E-state index is 12.0. The molecule has 0 unspecified atom stereocenters. The van der Waals surface area contributed by atoms with E-state index in [-0.39, 0.29) is 36.7 Å². The van der Waals surface area contributed by atoms with Crippen LogP contribution in [0.3, 0.4) is 0 Å². The topological polar surface area (TPSA) is 75.4 Å². The molecule has 1 aromatic rings. The zero-order valence-electron chi connectivity index (χ0n) is 13.6. The first kappa shape index (κ1) is 20.4.